The molecule has 0 atom stereocenters. The van der Waals surface area contributed by atoms with Gasteiger partial charge < -0.3 is 5.32 Å². The largest absolute Gasteiger partial charge is 0.368 e. The van der Waals surface area contributed by atoms with Crippen molar-refractivity contribution in [1.29, 1.82) is 0 Å². The van der Waals surface area contributed by atoms with Crippen molar-refractivity contribution in [2.24, 2.45) is 0 Å². The SMILES string of the molecule is Clc1ccc(-c2ccc(NCCc3cccs3)nn2)cc1. The van der Waals surface area contributed by atoms with E-state index in [1.54, 1.807) is 11.3 Å². The van der Waals surface area contributed by atoms with E-state index in [2.05, 4.69) is 33.0 Å². The summed E-state index contributed by atoms with van der Waals surface area (Å²) >= 11 is 7.65. The van der Waals surface area contributed by atoms with Gasteiger partial charge in [0.15, 0.2) is 0 Å². The van der Waals surface area contributed by atoms with E-state index in [9.17, 15) is 0 Å². The Bertz CT molecular complexity index is 679. The highest BCUT2D eigenvalue weighted by molar-refractivity contribution is 7.09. The van der Waals surface area contributed by atoms with Crippen LogP contribution in [0.15, 0.2) is 53.9 Å². The van der Waals surface area contributed by atoms with E-state index in [0.29, 0.717) is 0 Å². The Morgan fingerprint density at radius 3 is 2.52 bits per heavy atom. The summed E-state index contributed by atoms with van der Waals surface area (Å²) in [6.45, 7) is 0.857. The maximum absolute atomic E-state index is 5.88. The molecule has 0 aliphatic heterocycles. The quantitative estimate of drug-likeness (QED) is 0.752. The van der Waals surface area contributed by atoms with Gasteiger partial charge in [0.05, 0.1) is 5.69 Å². The van der Waals surface area contributed by atoms with Gasteiger partial charge in [-0.1, -0.05) is 29.8 Å². The molecule has 21 heavy (non-hydrogen) atoms. The number of anilines is 1. The van der Waals surface area contributed by atoms with Crippen LogP contribution in [0.25, 0.3) is 11.3 Å². The summed E-state index contributed by atoms with van der Waals surface area (Å²) in [5.41, 5.74) is 1.85. The maximum Gasteiger partial charge on any atom is 0.148 e. The lowest BCUT2D eigenvalue weighted by molar-refractivity contribution is 0.980. The van der Waals surface area contributed by atoms with Crippen molar-refractivity contribution in [3.63, 3.8) is 0 Å². The lowest BCUT2D eigenvalue weighted by Gasteiger charge is -2.05. The number of benzene rings is 1. The van der Waals surface area contributed by atoms with Crippen LogP contribution in [-0.2, 0) is 6.42 Å². The molecule has 0 unspecified atom stereocenters. The molecule has 0 saturated carbocycles. The van der Waals surface area contributed by atoms with Crippen molar-refractivity contribution in [3.05, 3.63) is 63.8 Å². The van der Waals surface area contributed by atoms with Gasteiger partial charge in [0.2, 0.25) is 0 Å². The van der Waals surface area contributed by atoms with E-state index in [-0.39, 0.29) is 0 Å². The number of hydrogen-bond acceptors (Lipinski definition) is 4. The molecule has 1 aromatic carbocycles. The fraction of sp³-hybridized carbons (Fsp3) is 0.125. The first-order valence-electron chi connectivity index (χ1n) is 6.67. The minimum atomic E-state index is 0.721. The Morgan fingerprint density at radius 2 is 1.86 bits per heavy atom. The van der Waals surface area contributed by atoms with E-state index in [1.807, 2.05) is 36.4 Å². The molecular formula is C16H14ClN3S. The first-order chi connectivity index (χ1) is 10.3. The zero-order valence-electron chi connectivity index (χ0n) is 11.3. The zero-order valence-corrected chi connectivity index (χ0v) is 12.9. The molecule has 0 saturated heterocycles. The monoisotopic (exact) mass is 315 g/mol. The van der Waals surface area contributed by atoms with Gasteiger partial charge in [-0.3, -0.25) is 0 Å². The normalized spacial score (nSPS) is 10.5. The molecule has 0 aliphatic carbocycles. The minimum absolute atomic E-state index is 0.721. The van der Waals surface area contributed by atoms with Gasteiger partial charge in [0.1, 0.15) is 5.82 Å². The number of hydrogen-bond donors (Lipinski definition) is 1. The second kappa shape index (κ2) is 6.70. The van der Waals surface area contributed by atoms with Gasteiger partial charge >= 0.3 is 0 Å². The Labute approximate surface area is 132 Å². The highest BCUT2D eigenvalue weighted by Gasteiger charge is 2.01. The third-order valence-electron chi connectivity index (χ3n) is 3.06. The zero-order chi connectivity index (χ0) is 14.5. The van der Waals surface area contributed by atoms with E-state index in [0.717, 1.165) is 35.1 Å². The Balaban J connectivity index is 1.60. The Morgan fingerprint density at radius 1 is 1.00 bits per heavy atom. The van der Waals surface area contributed by atoms with Crippen molar-refractivity contribution in [3.8, 4) is 11.3 Å². The van der Waals surface area contributed by atoms with Crippen molar-refractivity contribution >= 4 is 28.8 Å². The average Bonchev–Trinajstić information content (AvgIpc) is 3.02. The summed E-state index contributed by atoms with van der Waals surface area (Å²) in [7, 11) is 0. The minimum Gasteiger partial charge on any atom is -0.368 e. The van der Waals surface area contributed by atoms with Crippen LogP contribution in [0.1, 0.15) is 4.88 Å². The molecular weight excluding hydrogens is 302 g/mol. The van der Waals surface area contributed by atoms with Gasteiger partial charge in [-0.15, -0.1) is 21.5 Å². The Kier molecular flexibility index (Phi) is 4.48. The van der Waals surface area contributed by atoms with Crippen LogP contribution in [0.2, 0.25) is 5.02 Å². The standard InChI is InChI=1S/C16H14ClN3S/c17-13-5-3-12(4-6-13)15-7-8-16(20-19-15)18-10-9-14-2-1-11-21-14/h1-8,11H,9-10H2,(H,18,20). The summed E-state index contributed by atoms with van der Waals surface area (Å²) in [6, 6.07) is 15.7. The number of rotatable bonds is 5. The van der Waals surface area contributed by atoms with Crippen LogP contribution in [-0.4, -0.2) is 16.7 Å². The lowest BCUT2D eigenvalue weighted by Crippen LogP contribution is -2.06. The molecule has 3 nitrogen and oxygen atoms in total. The molecule has 0 fully saturated rings. The maximum atomic E-state index is 5.88. The van der Waals surface area contributed by atoms with Gasteiger partial charge in [-0.05, 0) is 42.1 Å². The topological polar surface area (TPSA) is 37.8 Å². The summed E-state index contributed by atoms with van der Waals surface area (Å²) in [5, 5.41) is 14.5. The van der Waals surface area contributed by atoms with Crippen LogP contribution < -0.4 is 5.32 Å². The summed E-state index contributed by atoms with van der Waals surface area (Å²) in [4.78, 5) is 1.37. The van der Waals surface area contributed by atoms with Crippen LogP contribution in [0.5, 0.6) is 0 Å². The molecule has 0 aliphatic rings. The number of nitrogens with zero attached hydrogens (tertiary/aromatic N) is 2. The molecule has 3 aromatic rings. The smallest absolute Gasteiger partial charge is 0.148 e. The molecule has 2 heterocycles. The van der Waals surface area contributed by atoms with Crippen molar-refractivity contribution in [1.82, 2.24) is 10.2 Å². The molecule has 0 bridgehead atoms. The molecule has 5 heteroatoms. The van der Waals surface area contributed by atoms with Crippen LogP contribution in [0.4, 0.5) is 5.82 Å². The molecule has 0 spiro atoms. The van der Waals surface area contributed by atoms with E-state index < -0.39 is 0 Å². The van der Waals surface area contributed by atoms with Gasteiger partial charge in [0, 0.05) is 22.0 Å². The first-order valence-corrected chi connectivity index (χ1v) is 7.93. The average molecular weight is 316 g/mol. The highest BCUT2D eigenvalue weighted by Crippen LogP contribution is 2.19. The Hall–Kier alpha value is -1.91. The first kappa shape index (κ1) is 14.0. The third kappa shape index (κ3) is 3.80. The van der Waals surface area contributed by atoms with Gasteiger partial charge in [-0.25, -0.2) is 0 Å². The predicted molar refractivity (Wildman–Crippen MR) is 89.0 cm³/mol. The van der Waals surface area contributed by atoms with E-state index >= 15 is 0 Å². The molecule has 106 valence electrons. The number of nitrogens with one attached hydrogen (secondary N) is 1. The van der Waals surface area contributed by atoms with E-state index in [1.165, 1.54) is 4.88 Å². The van der Waals surface area contributed by atoms with Crippen LogP contribution in [0, 0.1) is 0 Å². The number of thiophene rings is 1. The molecule has 0 radical (unpaired) electrons. The summed E-state index contributed by atoms with van der Waals surface area (Å²) in [6.07, 6.45) is 0.998. The summed E-state index contributed by atoms with van der Waals surface area (Å²) in [5.74, 6) is 0.796. The second-order valence-electron chi connectivity index (χ2n) is 4.57. The third-order valence-corrected chi connectivity index (χ3v) is 4.25. The van der Waals surface area contributed by atoms with Crippen LogP contribution in [0.3, 0.4) is 0 Å². The number of aromatic nitrogens is 2. The lowest BCUT2D eigenvalue weighted by atomic mass is 10.1. The predicted octanol–water partition coefficient (Wildman–Crippen LogP) is 4.51. The van der Waals surface area contributed by atoms with Crippen molar-refractivity contribution < 1.29 is 0 Å². The number of halogens is 1. The van der Waals surface area contributed by atoms with Gasteiger partial charge in [0.25, 0.3) is 0 Å². The van der Waals surface area contributed by atoms with Crippen molar-refractivity contribution in [2.45, 2.75) is 6.42 Å². The molecule has 3 rings (SSSR count). The van der Waals surface area contributed by atoms with E-state index in [4.69, 9.17) is 11.6 Å². The van der Waals surface area contributed by atoms with Crippen molar-refractivity contribution in [2.75, 3.05) is 11.9 Å². The molecule has 0 amide bonds. The fourth-order valence-corrected chi connectivity index (χ4v) is 2.80. The molecule has 2 aromatic heterocycles. The van der Waals surface area contributed by atoms with Gasteiger partial charge in [-0.2, -0.15) is 0 Å². The second-order valence-corrected chi connectivity index (χ2v) is 6.04. The molecule has 1 N–H and O–H groups in total. The fourth-order valence-electron chi connectivity index (χ4n) is 1.97. The van der Waals surface area contributed by atoms with Crippen LogP contribution >= 0.6 is 22.9 Å². The highest BCUT2D eigenvalue weighted by atomic mass is 35.5. The summed E-state index contributed by atoms with van der Waals surface area (Å²) < 4.78 is 0.